The van der Waals surface area contributed by atoms with Crippen molar-refractivity contribution in [2.24, 2.45) is 0 Å². The number of carbonyl (C=O) groups is 1. The highest BCUT2D eigenvalue weighted by atomic mass is 32.2. The number of benzene rings is 1. The van der Waals surface area contributed by atoms with E-state index in [4.69, 9.17) is 9.72 Å². The Morgan fingerprint density at radius 1 is 1.19 bits per heavy atom. The van der Waals surface area contributed by atoms with Crippen LogP contribution in [-0.4, -0.2) is 60.5 Å². The van der Waals surface area contributed by atoms with Crippen molar-refractivity contribution in [2.75, 3.05) is 36.7 Å². The first-order chi connectivity index (χ1) is 17.7. The number of thiazole rings is 1. The van der Waals surface area contributed by atoms with Crippen LogP contribution in [-0.2, 0) is 24.8 Å². The van der Waals surface area contributed by atoms with Crippen molar-refractivity contribution in [2.45, 2.75) is 23.8 Å². The standard InChI is InChI=1S/C25H25N5O5S2/c1-15(32)27-21-11-19(17(12-26-21)24-29-18-5-3-4-6-20(18)36-24)28-22-9-16(10-23(30-22)37(2,33)34)25(13-31)7-8-35-14-25/h3-6,9-12,31H,7-8,13-14H2,1-2H3,(H2,26,27,28,30,32). The molecule has 192 valence electrons. The average Bonchev–Trinajstić information content (AvgIpc) is 3.51. The van der Waals surface area contributed by atoms with Crippen molar-refractivity contribution in [3.05, 3.63) is 54.2 Å². The molecule has 4 aromatic rings. The van der Waals surface area contributed by atoms with Crippen LogP contribution in [0.3, 0.4) is 0 Å². The van der Waals surface area contributed by atoms with E-state index in [2.05, 4.69) is 20.6 Å². The number of aliphatic hydroxyl groups excluding tert-OH is 1. The van der Waals surface area contributed by atoms with Crippen molar-refractivity contribution >= 4 is 54.6 Å². The molecule has 3 N–H and O–H groups in total. The summed E-state index contributed by atoms with van der Waals surface area (Å²) in [5.41, 5.74) is 1.91. The minimum absolute atomic E-state index is 0.120. The van der Waals surface area contributed by atoms with E-state index in [1.807, 2.05) is 24.3 Å². The number of rotatable bonds is 7. The molecule has 0 bridgehead atoms. The third-order valence-corrected chi connectivity index (χ3v) is 8.23. The third kappa shape index (κ3) is 5.18. The van der Waals surface area contributed by atoms with E-state index in [1.165, 1.54) is 24.3 Å². The van der Waals surface area contributed by atoms with E-state index in [9.17, 15) is 18.3 Å². The molecule has 4 heterocycles. The second-order valence-electron chi connectivity index (χ2n) is 9.00. The Morgan fingerprint density at radius 3 is 2.68 bits per heavy atom. The van der Waals surface area contributed by atoms with Crippen molar-refractivity contribution in [3.63, 3.8) is 0 Å². The first-order valence-corrected chi connectivity index (χ1v) is 14.2. The molecule has 1 amide bonds. The summed E-state index contributed by atoms with van der Waals surface area (Å²) in [6.07, 6.45) is 3.25. The van der Waals surface area contributed by atoms with Gasteiger partial charge in [0.15, 0.2) is 14.9 Å². The normalized spacial score (nSPS) is 17.7. The first-order valence-electron chi connectivity index (χ1n) is 11.5. The van der Waals surface area contributed by atoms with E-state index in [-0.39, 0.29) is 30.0 Å². The first kappa shape index (κ1) is 25.2. The van der Waals surface area contributed by atoms with Gasteiger partial charge in [-0.15, -0.1) is 11.3 Å². The van der Waals surface area contributed by atoms with E-state index < -0.39 is 15.3 Å². The van der Waals surface area contributed by atoms with Crippen LogP contribution in [0.15, 0.2) is 53.7 Å². The van der Waals surface area contributed by atoms with E-state index >= 15 is 0 Å². The van der Waals surface area contributed by atoms with Gasteiger partial charge in [-0.05, 0) is 36.2 Å². The van der Waals surface area contributed by atoms with E-state index in [1.54, 1.807) is 18.3 Å². The summed E-state index contributed by atoms with van der Waals surface area (Å²) in [6, 6.07) is 12.6. The van der Waals surface area contributed by atoms with Gasteiger partial charge in [0.1, 0.15) is 16.6 Å². The fraction of sp³-hybridized carbons (Fsp3) is 0.280. The number of hydrogen-bond donors (Lipinski definition) is 3. The molecule has 1 fully saturated rings. The topological polar surface area (TPSA) is 143 Å². The minimum Gasteiger partial charge on any atom is -0.395 e. The van der Waals surface area contributed by atoms with Gasteiger partial charge in [-0.2, -0.15) is 0 Å². The number of hydrogen-bond acceptors (Lipinski definition) is 10. The van der Waals surface area contributed by atoms with E-state index in [0.717, 1.165) is 16.5 Å². The van der Waals surface area contributed by atoms with Crippen LogP contribution in [0.5, 0.6) is 0 Å². The van der Waals surface area contributed by atoms with Crippen LogP contribution in [0.25, 0.3) is 20.8 Å². The zero-order valence-corrected chi connectivity index (χ0v) is 21.8. The summed E-state index contributed by atoms with van der Waals surface area (Å²) in [6.45, 7) is 1.93. The molecule has 0 aliphatic carbocycles. The second-order valence-corrected chi connectivity index (χ2v) is 12.0. The second kappa shape index (κ2) is 9.78. The van der Waals surface area contributed by atoms with Gasteiger partial charge in [-0.3, -0.25) is 4.79 Å². The van der Waals surface area contributed by atoms with Crippen molar-refractivity contribution in [3.8, 4) is 10.6 Å². The Kier molecular flexibility index (Phi) is 6.67. The Labute approximate surface area is 217 Å². The molecule has 1 saturated heterocycles. The summed E-state index contributed by atoms with van der Waals surface area (Å²) < 4.78 is 31.6. The fourth-order valence-corrected chi connectivity index (χ4v) is 5.81. The molecular weight excluding hydrogens is 514 g/mol. The van der Waals surface area contributed by atoms with Crippen LogP contribution in [0, 0.1) is 0 Å². The SMILES string of the molecule is CC(=O)Nc1cc(Nc2cc(C3(CO)CCOC3)cc(S(C)(=O)=O)n2)c(-c2nc3ccccc3s2)cn1. The fourth-order valence-electron chi connectivity index (χ4n) is 4.22. The highest BCUT2D eigenvalue weighted by molar-refractivity contribution is 7.90. The number of amides is 1. The van der Waals surface area contributed by atoms with Crippen molar-refractivity contribution in [1.82, 2.24) is 15.0 Å². The van der Waals surface area contributed by atoms with Crippen molar-refractivity contribution in [1.29, 1.82) is 0 Å². The number of carbonyl (C=O) groups excluding carboxylic acids is 1. The molecule has 1 aliphatic rings. The quantitative estimate of drug-likeness (QED) is 0.321. The van der Waals surface area contributed by atoms with Crippen LogP contribution in [0.2, 0.25) is 0 Å². The van der Waals surface area contributed by atoms with Gasteiger partial charge in [0.25, 0.3) is 0 Å². The largest absolute Gasteiger partial charge is 0.395 e. The lowest BCUT2D eigenvalue weighted by atomic mass is 9.81. The van der Waals surface area contributed by atoms with Gasteiger partial charge in [0.05, 0.1) is 34.7 Å². The van der Waals surface area contributed by atoms with Crippen LogP contribution >= 0.6 is 11.3 Å². The summed E-state index contributed by atoms with van der Waals surface area (Å²) in [7, 11) is -3.66. The number of nitrogens with zero attached hydrogens (tertiary/aromatic N) is 3. The molecule has 0 spiro atoms. The van der Waals surface area contributed by atoms with Crippen molar-refractivity contribution < 1.29 is 23.1 Å². The lowest BCUT2D eigenvalue weighted by Gasteiger charge is -2.26. The van der Waals surface area contributed by atoms with Gasteiger partial charge in [0.2, 0.25) is 5.91 Å². The summed E-state index contributed by atoms with van der Waals surface area (Å²) in [5, 5.41) is 16.7. The Bertz CT molecular complexity index is 1560. The number of ether oxygens (including phenoxy) is 1. The molecule has 10 nitrogen and oxygen atoms in total. The zero-order chi connectivity index (χ0) is 26.2. The van der Waals surface area contributed by atoms with Gasteiger partial charge < -0.3 is 20.5 Å². The number of anilines is 3. The number of fused-ring (bicyclic) bond motifs is 1. The zero-order valence-electron chi connectivity index (χ0n) is 20.2. The van der Waals surface area contributed by atoms with Crippen LogP contribution in [0.4, 0.5) is 17.3 Å². The predicted molar refractivity (Wildman–Crippen MR) is 142 cm³/mol. The Hall–Kier alpha value is -3.45. The number of sulfone groups is 1. The lowest BCUT2D eigenvalue weighted by Crippen LogP contribution is -2.31. The van der Waals surface area contributed by atoms with Gasteiger partial charge in [0, 0.05) is 37.5 Å². The van der Waals surface area contributed by atoms with Gasteiger partial charge >= 0.3 is 0 Å². The van der Waals surface area contributed by atoms with Gasteiger partial charge in [-0.1, -0.05) is 12.1 Å². The minimum atomic E-state index is -3.66. The molecule has 0 saturated carbocycles. The van der Waals surface area contributed by atoms with Crippen LogP contribution in [0.1, 0.15) is 18.9 Å². The summed E-state index contributed by atoms with van der Waals surface area (Å²) >= 11 is 1.48. The number of aromatic nitrogens is 3. The smallest absolute Gasteiger partial charge is 0.222 e. The molecule has 1 aliphatic heterocycles. The number of para-hydroxylation sites is 1. The molecule has 1 aromatic carbocycles. The summed E-state index contributed by atoms with van der Waals surface area (Å²) in [4.78, 5) is 25.1. The highest BCUT2D eigenvalue weighted by Crippen LogP contribution is 2.38. The highest BCUT2D eigenvalue weighted by Gasteiger charge is 2.37. The van der Waals surface area contributed by atoms with Crippen LogP contribution < -0.4 is 10.6 Å². The third-order valence-electron chi connectivity index (χ3n) is 6.20. The molecule has 0 radical (unpaired) electrons. The Balaban J connectivity index is 1.64. The Morgan fingerprint density at radius 2 is 2.00 bits per heavy atom. The number of pyridine rings is 2. The number of aliphatic hydroxyl groups is 1. The maximum absolute atomic E-state index is 12.5. The molecule has 3 aromatic heterocycles. The van der Waals surface area contributed by atoms with E-state index in [0.29, 0.717) is 40.7 Å². The molecule has 5 rings (SSSR count). The molecule has 37 heavy (non-hydrogen) atoms. The monoisotopic (exact) mass is 539 g/mol. The summed E-state index contributed by atoms with van der Waals surface area (Å²) in [5.74, 6) is 0.298. The molecule has 1 unspecified atom stereocenters. The molecule has 1 atom stereocenters. The lowest BCUT2D eigenvalue weighted by molar-refractivity contribution is -0.114. The maximum atomic E-state index is 12.5. The number of nitrogens with one attached hydrogen (secondary N) is 2. The van der Waals surface area contributed by atoms with Gasteiger partial charge in [-0.25, -0.2) is 23.4 Å². The molecular formula is C25H25N5O5S2. The average molecular weight is 540 g/mol. The predicted octanol–water partition coefficient (Wildman–Crippen LogP) is 3.51. The maximum Gasteiger partial charge on any atom is 0.222 e. The molecule has 12 heteroatoms.